The van der Waals surface area contributed by atoms with Crippen molar-refractivity contribution >= 4 is 39.2 Å². The van der Waals surface area contributed by atoms with Gasteiger partial charge in [-0.15, -0.1) is 11.3 Å². The van der Waals surface area contributed by atoms with Crippen molar-refractivity contribution in [1.29, 1.82) is 0 Å². The van der Waals surface area contributed by atoms with Gasteiger partial charge in [0, 0.05) is 13.1 Å². The van der Waals surface area contributed by atoms with E-state index < -0.39 is 12.0 Å². The first kappa shape index (κ1) is 20.2. The fourth-order valence-corrected chi connectivity index (χ4v) is 4.79. The van der Waals surface area contributed by atoms with E-state index in [4.69, 9.17) is 4.74 Å². The highest BCUT2D eigenvalue weighted by Gasteiger charge is 2.33. The minimum atomic E-state index is -0.427. The van der Waals surface area contributed by atoms with Crippen molar-refractivity contribution in [1.82, 2.24) is 14.9 Å². The number of esters is 1. The van der Waals surface area contributed by atoms with Gasteiger partial charge in [0.15, 0.2) is 0 Å². The number of amides is 1. The maximum atomic E-state index is 13.1. The normalized spacial score (nSPS) is 16.3. The summed E-state index contributed by atoms with van der Waals surface area (Å²) in [4.78, 5) is 36.8. The quantitative estimate of drug-likeness (QED) is 0.627. The Morgan fingerprint density at radius 2 is 2.03 bits per heavy atom. The van der Waals surface area contributed by atoms with E-state index in [1.807, 2.05) is 6.92 Å². The van der Waals surface area contributed by atoms with E-state index in [1.165, 1.54) is 30.6 Å². The van der Waals surface area contributed by atoms with Gasteiger partial charge in [-0.3, -0.25) is 4.79 Å². The molecule has 1 fully saturated rings. The van der Waals surface area contributed by atoms with E-state index in [-0.39, 0.29) is 11.7 Å². The molecule has 1 N–H and O–H groups in total. The van der Waals surface area contributed by atoms with Gasteiger partial charge in [-0.2, -0.15) is 0 Å². The molecule has 1 amide bonds. The number of fused-ring (bicyclic) bond motifs is 1. The molecule has 2 aromatic heterocycles. The second-order valence-electron chi connectivity index (χ2n) is 7.22. The lowest BCUT2D eigenvalue weighted by atomic mass is 10.2. The number of methoxy groups -OCH3 is 1. The molecule has 3 heterocycles. The number of nitrogens with zero attached hydrogens (tertiary/aromatic N) is 3. The fourth-order valence-electron chi connectivity index (χ4n) is 3.64. The average molecular weight is 428 g/mol. The zero-order chi connectivity index (χ0) is 21.4. The molecule has 0 spiro atoms. The minimum Gasteiger partial charge on any atom is -0.465 e. The number of likely N-dealkylation sites (tertiary alicyclic amines) is 1. The zero-order valence-corrected chi connectivity index (χ0v) is 17.7. The maximum absolute atomic E-state index is 13.1. The lowest BCUT2D eigenvalue weighted by Gasteiger charge is -2.18. The molecule has 0 saturated carbocycles. The van der Waals surface area contributed by atoms with Crippen molar-refractivity contribution < 1.29 is 18.7 Å². The van der Waals surface area contributed by atoms with Crippen molar-refractivity contribution in [3.05, 3.63) is 51.9 Å². The summed E-state index contributed by atoms with van der Waals surface area (Å²) in [6.45, 7) is 4.62. The Balaban J connectivity index is 1.58. The molecule has 0 radical (unpaired) electrons. The first-order valence-electron chi connectivity index (χ1n) is 9.53. The number of benzene rings is 1. The van der Waals surface area contributed by atoms with Crippen molar-refractivity contribution in [2.24, 2.45) is 0 Å². The van der Waals surface area contributed by atoms with E-state index >= 15 is 0 Å². The molecule has 3 aromatic rings. The summed E-state index contributed by atoms with van der Waals surface area (Å²) in [6.07, 6.45) is 0.623. The molecule has 156 valence electrons. The number of rotatable bonds is 5. The van der Waals surface area contributed by atoms with Crippen LogP contribution in [0.3, 0.4) is 0 Å². The molecule has 1 aliphatic rings. The van der Waals surface area contributed by atoms with Crippen LogP contribution in [0, 0.1) is 19.7 Å². The number of aryl methyl sites for hydroxylation is 2. The van der Waals surface area contributed by atoms with Gasteiger partial charge in [-0.1, -0.05) is 12.1 Å². The van der Waals surface area contributed by atoms with E-state index in [1.54, 1.807) is 24.0 Å². The van der Waals surface area contributed by atoms with Gasteiger partial charge in [0.05, 0.1) is 12.5 Å². The molecule has 1 saturated heterocycles. The third-order valence-corrected chi connectivity index (χ3v) is 6.33. The lowest BCUT2D eigenvalue weighted by molar-refractivity contribution is -0.128. The lowest BCUT2D eigenvalue weighted by Crippen LogP contribution is -2.33. The number of ether oxygens (including phenoxy) is 1. The molecule has 1 aromatic carbocycles. The molecule has 1 unspecified atom stereocenters. The van der Waals surface area contributed by atoms with Crippen molar-refractivity contribution in [2.75, 3.05) is 19.0 Å². The molecular formula is C21H21FN4O3S. The second-order valence-corrected chi connectivity index (χ2v) is 8.22. The number of carbonyl (C=O) groups is 2. The van der Waals surface area contributed by atoms with E-state index in [9.17, 15) is 14.0 Å². The van der Waals surface area contributed by atoms with Crippen LogP contribution in [0.2, 0.25) is 0 Å². The monoisotopic (exact) mass is 428 g/mol. The summed E-state index contributed by atoms with van der Waals surface area (Å²) in [7, 11) is 1.34. The first-order chi connectivity index (χ1) is 14.4. The smallest absolute Gasteiger partial charge is 0.348 e. The summed E-state index contributed by atoms with van der Waals surface area (Å²) < 4.78 is 18.0. The van der Waals surface area contributed by atoms with Crippen LogP contribution < -0.4 is 5.32 Å². The summed E-state index contributed by atoms with van der Waals surface area (Å²) in [5.41, 5.74) is 1.61. The number of aromatic nitrogens is 2. The van der Waals surface area contributed by atoms with Crippen LogP contribution in [-0.2, 0) is 16.1 Å². The molecule has 7 nitrogen and oxygen atoms in total. The van der Waals surface area contributed by atoms with Crippen LogP contribution in [0.4, 0.5) is 10.2 Å². The van der Waals surface area contributed by atoms with E-state index in [0.29, 0.717) is 40.9 Å². The highest BCUT2D eigenvalue weighted by Crippen LogP contribution is 2.35. The van der Waals surface area contributed by atoms with Crippen LogP contribution >= 0.6 is 11.3 Å². The van der Waals surface area contributed by atoms with Gasteiger partial charge in [-0.05, 0) is 43.5 Å². The Labute approximate surface area is 176 Å². The average Bonchev–Trinajstić information content (AvgIpc) is 3.23. The molecule has 1 atom stereocenters. The predicted molar refractivity (Wildman–Crippen MR) is 112 cm³/mol. The molecule has 30 heavy (non-hydrogen) atoms. The Morgan fingerprint density at radius 1 is 1.30 bits per heavy atom. The highest BCUT2D eigenvalue weighted by atomic mass is 32.1. The second kappa shape index (κ2) is 7.98. The third kappa shape index (κ3) is 3.72. The van der Waals surface area contributed by atoms with Crippen molar-refractivity contribution in [3.8, 4) is 0 Å². The molecule has 4 rings (SSSR count). The molecular weight excluding hydrogens is 407 g/mol. The predicted octanol–water partition coefficient (Wildman–Crippen LogP) is 3.45. The number of thiophene rings is 1. The Hall–Kier alpha value is -3.07. The molecule has 0 aliphatic carbocycles. The first-order valence-corrected chi connectivity index (χ1v) is 10.3. The Kier molecular flexibility index (Phi) is 5.38. The number of hydrogen-bond donors (Lipinski definition) is 1. The van der Waals surface area contributed by atoms with Gasteiger partial charge in [0.2, 0.25) is 5.91 Å². The van der Waals surface area contributed by atoms with Crippen LogP contribution in [0.15, 0.2) is 24.3 Å². The number of carbonyl (C=O) groups excluding carboxylic acids is 2. The summed E-state index contributed by atoms with van der Waals surface area (Å²) in [6, 6.07) is 5.73. The van der Waals surface area contributed by atoms with E-state index in [0.717, 1.165) is 16.5 Å². The minimum absolute atomic E-state index is 0.0372. The summed E-state index contributed by atoms with van der Waals surface area (Å²) in [5.74, 6) is 0.345. The summed E-state index contributed by atoms with van der Waals surface area (Å²) in [5, 5.41) is 3.99. The maximum Gasteiger partial charge on any atom is 0.348 e. The van der Waals surface area contributed by atoms with Crippen molar-refractivity contribution in [3.63, 3.8) is 0 Å². The van der Waals surface area contributed by atoms with Crippen LogP contribution in [0.1, 0.15) is 33.0 Å². The topological polar surface area (TPSA) is 84.4 Å². The number of halogens is 1. The van der Waals surface area contributed by atoms with Crippen molar-refractivity contribution in [2.45, 2.75) is 32.9 Å². The van der Waals surface area contributed by atoms with Gasteiger partial charge in [0.1, 0.15) is 33.2 Å². The number of nitrogens with one attached hydrogen (secondary N) is 1. The van der Waals surface area contributed by atoms with Crippen LogP contribution in [0.25, 0.3) is 10.2 Å². The molecule has 0 bridgehead atoms. The number of hydrogen-bond acceptors (Lipinski definition) is 7. The van der Waals surface area contributed by atoms with Crippen LogP contribution in [0.5, 0.6) is 0 Å². The number of anilines is 1. The fraction of sp³-hybridized carbons (Fsp3) is 0.333. The largest absolute Gasteiger partial charge is 0.465 e. The van der Waals surface area contributed by atoms with Gasteiger partial charge in [-0.25, -0.2) is 19.2 Å². The summed E-state index contributed by atoms with van der Waals surface area (Å²) >= 11 is 1.26. The van der Waals surface area contributed by atoms with Gasteiger partial charge in [0.25, 0.3) is 0 Å². The molecule has 1 aliphatic heterocycles. The standard InChI is InChI=1S/C21H21FN4O3S/c1-11-16-18(23-12(2)24-19(16)30-17(11)21(28)29-3)25-15-8-9-26(20(15)27)10-13-4-6-14(22)7-5-13/h4-7,15H,8-10H2,1-3H3,(H,23,24,25). The van der Waals surface area contributed by atoms with Gasteiger partial charge >= 0.3 is 5.97 Å². The highest BCUT2D eigenvalue weighted by molar-refractivity contribution is 7.20. The van der Waals surface area contributed by atoms with Crippen LogP contribution in [-0.4, -0.2) is 46.4 Å². The Morgan fingerprint density at radius 3 is 2.73 bits per heavy atom. The van der Waals surface area contributed by atoms with Gasteiger partial charge < -0.3 is 15.0 Å². The van der Waals surface area contributed by atoms with E-state index in [2.05, 4.69) is 15.3 Å². The third-order valence-electron chi connectivity index (χ3n) is 5.17. The zero-order valence-electron chi connectivity index (χ0n) is 16.9. The molecule has 9 heteroatoms. The SMILES string of the molecule is COC(=O)c1sc2nc(C)nc(NC3CCN(Cc4ccc(F)cc4)C3=O)c2c1C. The Bertz CT molecular complexity index is 1130.